The number of rotatable bonds is 1. The first-order valence-corrected chi connectivity index (χ1v) is 4.29. The van der Waals surface area contributed by atoms with Crippen LogP contribution in [-0.4, -0.2) is 9.78 Å². The van der Waals surface area contributed by atoms with Crippen molar-refractivity contribution in [3.05, 3.63) is 40.7 Å². The lowest BCUT2D eigenvalue weighted by atomic mass is 10.1. The molecule has 0 aliphatic carbocycles. The van der Waals surface area contributed by atoms with E-state index in [1.54, 1.807) is 13.1 Å². The average Bonchev–Trinajstić information content (AvgIpc) is 2.47. The first-order valence-electron chi connectivity index (χ1n) is 4.29. The van der Waals surface area contributed by atoms with E-state index in [9.17, 15) is 4.79 Å². The van der Waals surface area contributed by atoms with E-state index in [-0.39, 0.29) is 5.56 Å². The van der Waals surface area contributed by atoms with Crippen molar-refractivity contribution in [3.8, 4) is 11.3 Å². The van der Waals surface area contributed by atoms with Gasteiger partial charge < -0.3 is 5.73 Å². The summed E-state index contributed by atoms with van der Waals surface area (Å²) < 4.78 is 1.43. The van der Waals surface area contributed by atoms with Crippen molar-refractivity contribution < 1.29 is 0 Å². The third-order valence-corrected chi connectivity index (χ3v) is 2.08. The summed E-state index contributed by atoms with van der Waals surface area (Å²) in [6.45, 7) is 0. The Morgan fingerprint density at radius 1 is 1.36 bits per heavy atom. The normalized spacial score (nSPS) is 10.4. The average molecular weight is 189 g/mol. The highest BCUT2D eigenvalue weighted by Gasteiger charge is 2.02. The molecular formula is C10H11N3O. The number of benzene rings is 1. The molecule has 0 unspecified atom stereocenters. The standard InChI is InChI=1S/C10H11N3O/c1-13-10(14)6-9(12-13)7-3-2-4-8(11)5-7/h2-6,12H,11H2,1H3. The van der Waals surface area contributed by atoms with Crippen LogP contribution in [0.25, 0.3) is 11.3 Å². The molecule has 0 aliphatic heterocycles. The minimum Gasteiger partial charge on any atom is -0.399 e. The minimum absolute atomic E-state index is 0.0533. The van der Waals surface area contributed by atoms with Crippen LogP contribution >= 0.6 is 0 Å². The van der Waals surface area contributed by atoms with Gasteiger partial charge in [-0.2, -0.15) is 0 Å². The second-order valence-electron chi connectivity index (χ2n) is 3.19. The van der Waals surface area contributed by atoms with Gasteiger partial charge in [0.15, 0.2) is 0 Å². The number of aromatic amines is 1. The lowest BCUT2D eigenvalue weighted by molar-refractivity contribution is 0.742. The number of nitrogens with one attached hydrogen (secondary N) is 1. The van der Waals surface area contributed by atoms with Crippen LogP contribution < -0.4 is 11.3 Å². The Hall–Kier alpha value is -1.97. The lowest BCUT2D eigenvalue weighted by Gasteiger charge is -1.98. The third-order valence-electron chi connectivity index (χ3n) is 2.08. The lowest BCUT2D eigenvalue weighted by Crippen LogP contribution is -2.09. The predicted octanol–water partition coefficient (Wildman–Crippen LogP) is 0.963. The largest absolute Gasteiger partial charge is 0.399 e. The Balaban J connectivity index is 2.54. The number of nitrogens with zero attached hydrogens (tertiary/aromatic N) is 1. The van der Waals surface area contributed by atoms with Crippen LogP contribution in [0.3, 0.4) is 0 Å². The van der Waals surface area contributed by atoms with E-state index >= 15 is 0 Å². The maximum Gasteiger partial charge on any atom is 0.266 e. The second-order valence-corrected chi connectivity index (χ2v) is 3.19. The van der Waals surface area contributed by atoms with Gasteiger partial charge in [-0.3, -0.25) is 14.6 Å². The number of aryl methyl sites for hydroxylation is 1. The molecule has 2 aromatic rings. The highest BCUT2D eigenvalue weighted by molar-refractivity contribution is 5.63. The van der Waals surface area contributed by atoms with Gasteiger partial charge in [-0.15, -0.1) is 0 Å². The number of hydrogen-bond donors (Lipinski definition) is 2. The molecule has 2 rings (SSSR count). The van der Waals surface area contributed by atoms with Crippen LogP contribution in [0.2, 0.25) is 0 Å². The van der Waals surface area contributed by atoms with Crippen LogP contribution in [0.1, 0.15) is 0 Å². The van der Waals surface area contributed by atoms with Gasteiger partial charge in [-0.25, -0.2) is 0 Å². The maximum atomic E-state index is 11.2. The van der Waals surface area contributed by atoms with Crippen LogP contribution in [0.5, 0.6) is 0 Å². The summed E-state index contributed by atoms with van der Waals surface area (Å²) in [5.74, 6) is 0. The Bertz CT molecular complexity index is 510. The summed E-state index contributed by atoms with van der Waals surface area (Å²) in [5, 5.41) is 2.94. The highest BCUT2D eigenvalue weighted by Crippen LogP contribution is 2.17. The van der Waals surface area contributed by atoms with E-state index in [1.807, 2.05) is 24.3 Å². The van der Waals surface area contributed by atoms with Crippen LogP contribution in [-0.2, 0) is 7.05 Å². The summed E-state index contributed by atoms with van der Waals surface area (Å²) in [6, 6.07) is 8.95. The number of aromatic nitrogens is 2. The molecule has 4 heteroatoms. The van der Waals surface area contributed by atoms with E-state index in [0.29, 0.717) is 5.69 Å². The summed E-state index contributed by atoms with van der Waals surface area (Å²) in [7, 11) is 1.68. The monoisotopic (exact) mass is 189 g/mol. The molecule has 1 aromatic carbocycles. The van der Waals surface area contributed by atoms with E-state index < -0.39 is 0 Å². The molecule has 0 fully saturated rings. The molecule has 1 heterocycles. The van der Waals surface area contributed by atoms with Gasteiger partial charge in [0.1, 0.15) is 0 Å². The fourth-order valence-corrected chi connectivity index (χ4v) is 1.34. The first-order chi connectivity index (χ1) is 6.66. The highest BCUT2D eigenvalue weighted by atomic mass is 16.1. The van der Waals surface area contributed by atoms with Gasteiger partial charge in [0.2, 0.25) is 0 Å². The molecule has 0 saturated carbocycles. The van der Waals surface area contributed by atoms with Gasteiger partial charge in [-0.1, -0.05) is 12.1 Å². The molecule has 3 N–H and O–H groups in total. The molecule has 4 nitrogen and oxygen atoms in total. The van der Waals surface area contributed by atoms with Crippen molar-refractivity contribution in [2.45, 2.75) is 0 Å². The fraction of sp³-hybridized carbons (Fsp3) is 0.100. The summed E-state index contributed by atoms with van der Waals surface area (Å²) in [4.78, 5) is 11.2. The second kappa shape index (κ2) is 3.06. The zero-order chi connectivity index (χ0) is 10.1. The summed E-state index contributed by atoms with van der Waals surface area (Å²) in [5.41, 5.74) is 7.98. The molecular weight excluding hydrogens is 178 g/mol. The van der Waals surface area contributed by atoms with Gasteiger partial charge in [-0.05, 0) is 12.1 Å². The van der Waals surface area contributed by atoms with Gasteiger partial charge in [0, 0.05) is 24.4 Å². The quantitative estimate of drug-likeness (QED) is 0.656. The molecule has 14 heavy (non-hydrogen) atoms. The summed E-state index contributed by atoms with van der Waals surface area (Å²) in [6.07, 6.45) is 0. The van der Waals surface area contributed by atoms with Crippen molar-refractivity contribution >= 4 is 5.69 Å². The SMILES string of the molecule is Cn1[nH]c(-c2cccc(N)c2)cc1=O. The topological polar surface area (TPSA) is 63.8 Å². The van der Waals surface area contributed by atoms with Gasteiger partial charge in [0.05, 0.1) is 5.69 Å². The number of hydrogen-bond acceptors (Lipinski definition) is 2. The number of H-pyrrole nitrogens is 1. The van der Waals surface area contributed by atoms with Crippen molar-refractivity contribution in [1.82, 2.24) is 9.78 Å². The number of nitrogen functional groups attached to an aromatic ring is 1. The predicted molar refractivity (Wildman–Crippen MR) is 55.9 cm³/mol. The van der Waals surface area contributed by atoms with Crippen molar-refractivity contribution in [2.75, 3.05) is 5.73 Å². The molecule has 0 amide bonds. The maximum absolute atomic E-state index is 11.2. The Morgan fingerprint density at radius 2 is 2.14 bits per heavy atom. The molecule has 0 radical (unpaired) electrons. The van der Waals surface area contributed by atoms with Crippen molar-refractivity contribution in [1.29, 1.82) is 0 Å². The molecule has 0 aliphatic rings. The molecule has 1 aromatic heterocycles. The zero-order valence-electron chi connectivity index (χ0n) is 7.82. The number of anilines is 1. The fourth-order valence-electron chi connectivity index (χ4n) is 1.34. The Labute approximate surface area is 81.0 Å². The smallest absolute Gasteiger partial charge is 0.266 e. The van der Waals surface area contributed by atoms with Crippen LogP contribution in [0.15, 0.2) is 35.1 Å². The van der Waals surface area contributed by atoms with Gasteiger partial charge in [0.25, 0.3) is 5.56 Å². The third kappa shape index (κ3) is 1.42. The zero-order valence-corrected chi connectivity index (χ0v) is 7.82. The van der Waals surface area contributed by atoms with E-state index in [0.717, 1.165) is 11.3 Å². The summed E-state index contributed by atoms with van der Waals surface area (Å²) >= 11 is 0. The number of nitrogens with two attached hydrogens (primary N) is 1. The first kappa shape index (κ1) is 8.62. The van der Waals surface area contributed by atoms with E-state index in [1.165, 1.54) is 4.68 Å². The van der Waals surface area contributed by atoms with Crippen LogP contribution in [0.4, 0.5) is 5.69 Å². The molecule has 0 saturated heterocycles. The van der Waals surface area contributed by atoms with Crippen molar-refractivity contribution in [3.63, 3.8) is 0 Å². The van der Waals surface area contributed by atoms with E-state index in [4.69, 9.17) is 5.73 Å². The molecule has 0 spiro atoms. The van der Waals surface area contributed by atoms with Crippen molar-refractivity contribution in [2.24, 2.45) is 7.05 Å². The van der Waals surface area contributed by atoms with E-state index in [2.05, 4.69) is 5.10 Å². The molecule has 72 valence electrons. The molecule has 0 bridgehead atoms. The molecule has 0 atom stereocenters. The minimum atomic E-state index is -0.0533. The van der Waals surface area contributed by atoms with Crippen LogP contribution in [0, 0.1) is 0 Å². The Morgan fingerprint density at radius 3 is 2.71 bits per heavy atom. The Kier molecular flexibility index (Phi) is 1.89. The van der Waals surface area contributed by atoms with Gasteiger partial charge >= 0.3 is 0 Å².